The van der Waals surface area contributed by atoms with Crippen molar-refractivity contribution in [2.75, 3.05) is 18.4 Å². The Bertz CT molecular complexity index is 554. The Balaban J connectivity index is 1.96. The first kappa shape index (κ1) is 15.2. The van der Waals surface area contributed by atoms with E-state index < -0.39 is 0 Å². The van der Waals surface area contributed by atoms with Crippen molar-refractivity contribution in [3.05, 3.63) is 29.8 Å². The standard InChI is InChI=1S/C16H20N2O3/c1-12(19)13-6-5-7-14(10-13)17-15(20)11-18-9-4-2-3-8-16(18)21/h5-7,10H,2-4,8-9,11H2,1H3,(H,17,20). The van der Waals surface area contributed by atoms with Gasteiger partial charge in [0.2, 0.25) is 11.8 Å². The number of benzene rings is 1. The normalized spacial score (nSPS) is 15.5. The number of ketones is 1. The molecular weight excluding hydrogens is 268 g/mol. The van der Waals surface area contributed by atoms with Crippen LogP contribution in [0.2, 0.25) is 0 Å². The zero-order valence-corrected chi connectivity index (χ0v) is 12.2. The van der Waals surface area contributed by atoms with Gasteiger partial charge in [-0.25, -0.2) is 0 Å². The first-order valence-electron chi connectivity index (χ1n) is 7.25. The molecule has 0 atom stereocenters. The SMILES string of the molecule is CC(=O)c1cccc(NC(=O)CN2CCCCCC2=O)c1. The number of likely N-dealkylation sites (tertiary alicyclic amines) is 1. The van der Waals surface area contributed by atoms with Gasteiger partial charge in [0.1, 0.15) is 0 Å². The number of hydrogen-bond acceptors (Lipinski definition) is 3. The third-order valence-electron chi connectivity index (χ3n) is 3.56. The number of amides is 2. The van der Waals surface area contributed by atoms with Crippen LogP contribution >= 0.6 is 0 Å². The van der Waals surface area contributed by atoms with Crippen LogP contribution in [0, 0.1) is 0 Å². The van der Waals surface area contributed by atoms with Gasteiger partial charge in [-0.05, 0) is 31.9 Å². The molecule has 1 aromatic rings. The molecule has 0 aromatic heterocycles. The van der Waals surface area contributed by atoms with Crippen LogP contribution in [0.5, 0.6) is 0 Å². The zero-order valence-electron chi connectivity index (χ0n) is 12.2. The fraction of sp³-hybridized carbons (Fsp3) is 0.438. The molecule has 1 N–H and O–H groups in total. The summed E-state index contributed by atoms with van der Waals surface area (Å²) in [6.45, 7) is 2.19. The molecule has 0 bridgehead atoms. The average molecular weight is 288 g/mol. The van der Waals surface area contributed by atoms with Gasteiger partial charge in [-0.3, -0.25) is 14.4 Å². The number of nitrogens with one attached hydrogen (secondary N) is 1. The van der Waals surface area contributed by atoms with Crippen LogP contribution in [-0.4, -0.2) is 35.6 Å². The highest BCUT2D eigenvalue weighted by Crippen LogP contribution is 2.13. The minimum absolute atomic E-state index is 0.0418. The highest BCUT2D eigenvalue weighted by atomic mass is 16.2. The molecule has 1 aromatic carbocycles. The molecule has 2 rings (SSSR count). The van der Waals surface area contributed by atoms with Gasteiger partial charge >= 0.3 is 0 Å². The second-order valence-electron chi connectivity index (χ2n) is 5.31. The van der Waals surface area contributed by atoms with Crippen molar-refractivity contribution in [1.29, 1.82) is 0 Å². The van der Waals surface area contributed by atoms with Crippen molar-refractivity contribution in [2.45, 2.75) is 32.6 Å². The van der Waals surface area contributed by atoms with Crippen LogP contribution in [0.3, 0.4) is 0 Å². The van der Waals surface area contributed by atoms with Crippen molar-refractivity contribution < 1.29 is 14.4 Å². The number of anilines is 1. The van der Waals surface area contributed by atoms with E-state index in [0.717, 1.165) is 19.3 Å². The van der Waals surface area contributed by atoms with E-state index in [1.54, 1.807) is 29.2 Å². The number of Topliss-reactive ketones (excluding diaryl/α,β-unsaturated/α-hetero) is 1. The molecule has 2 amide bonds. The Morgan fingerprint density at radius 3 is 2.81 bits per heavy atom. The van der Waals surface area contributed by atoms with Gasteiger partial charge < -0.3 is 10.2 Å². The molecule has 0 saturated carbocycles. The lowest BCUT2D eigenvalue weighted by Gasteiger charge is -2.19. The summed E-state index contributed by atoms with van der Waals surface area (Å²) in [7, 11) is 0. The molecule has 5 heteroatoms. The molecular formula is C16H20N2O3. The summed E-state index contributed by atoms with van der Waals surface area (Å²) < 4.78 is 0. The third-order valence-corrected chi connectivity index (χ3v) is 3.56. The van der Waals surface area contributed by atoms with Gasteiger partial charge in [0.25, 0.3) is 0 Å². The van der Waals surface area contributed by atoms with E-state index in [0.29, 0.717) is 24.2 Å². The molecule has 1 aliphatic heterocycles. The summed E-state index contributed by atoms with van der Waals surface area (Å²) in [5.74, 6) is -0.236. The van der Waals surface area contributed by atoms with Gasteiger partial charge in [0.05, 0.1) is 6.54 Å². The first-order valence-corrected chi connectivity index (χ1v) is 7.25. The molecule has 0 unspecified atom stereocenters. The van der Waals surface area contributed by atoms with E-state index >= 15 is 0 Å². The van der Waals surface area contributed by atoms with Gasteiger partial charge in [0.15, 0.2) is 5.78 Å². The van der Waals surface area contributed by atoms with Gasteiger partial charge in [-0.2, -0.15) is 0 Å². The van der Waals surface area contributed by atoms with Crippen LogP contribution in [0.15, 0.2) is 24.3 Å². The highest BCUT2D eigenvalue weighted by molar-refractivity contribution is 5.98. The molecule has 0 radical (unpaired) electrons. The molecule has 1 fully saturated rings. The predicted octanol–water partition coefficient (Wildman–Crippen LogP) is 2.23. The Hall–Kier alpha value is -2.17. The van der Waals surface area contributed by atoms with Crippen LogP contribution in [0.25, 0.3) is 0 Å². The minimum atomic E-state index is -0.231. The summed E-state index contributed by atoms with van der Waals surface area (Å²) in [6.07, 6.45) is 3.40. The molecule has 112 valence electrons. The fourth-order valence-electron chi connectivity index (χ4n) is 2.40. The smallest absolute Gasteiger partial charge is 0.243 e. The topological polar surface area (TPSA) is 66.5 Å². The number of rotatable bonds is 4. The summed E-state index contributed by atoms with van der Waals surface area (Å²) in [5, 5.41) is 2.74. The van der Waals surface area contributed by atoms with E-state index in [1.165, 1.54) is 6.92 Å². The van der Waals surface area contributed by atoms with Crippen LogP contribution in [0.1, 0.15) is 43.0 Å². The third kappa shape index (κ3) is 4.41. The van der Waals surface area contributed by atoms with Crippen molar-refractivity contribution >= 4 is 23.3 Å². The zero-order chi connectivity index (χ0) is 15.2. The second-order valence-corrected chi connectivity index (χ2v) is 5.31. The number of carbonyl (C=O) groups is 3. The van der Waals surface area contributed by atoms with E-state index in [-0.39, 0.29) is 24.1 Å². The Kier molecular flexibility index (Phi) is 5.09. The number of nitrogens with zero attached hydrogens (tertiary/aromatic N) is 1. The number of hydrogen-bond donors (Lipinski definition) is 1. The van der Waals surface area contributed by atoms with Crippen molar-refractivity contribution in [3.8, 4) is 0 Å². The van der Waals surface area contributed by atoms with E-state index in [1.807, 2.05) is 0 Å². The summed E-state index contributed by atoms with van der Waals surface area (Å²) in [4.78, 5) is 36.8. The summed E-state index contributed by atoms with van der Waals surface area (Å²) >= 11 is 0. The number of carbonyl (C=O) groups excluding carboxylic acids is 3. The predicted molar refractivity (Wildman–Crippen MR) is 80.1 cm³/mol. The maximum absolute atomic E-state index is 12.0. The van der Waals surface area contributed by atoms with E-state index in [2.05, 4.69) is 5.32 Å². The second kappa shape index (κ2) is 7.02. The molecule has 1 saturated heterocycles. The molecule has 21 heavy (non-hydrogen) atoms. The van der Waals surface area contributed by atoms with Gasteiger partial charge in [-0.15, -0.1) is 0 Å². The monoisotopic (exact) mass is 288 g/mol. The first-order chi connectivity index (χ1) is 10.1. The highest BCUT2D eigenvalue weighted by Gasteiger charge is 2.19. The van der Waals surface area contributed by atoms with E-state index in [4.69, 9.17) is 0 Å². The lowest BCUT2D eigenvalue weighted by molar-refractivity contribution is -0.134. The molecule has 1 aliphatic rings. The Morgan fingerprint density at radius 1 is 1.24 bits per heavy atom. The van der Waals surface area contributed by atoms with Crippen LogP contribution in [0.4, 0.5) is 5.69 Å². The largest absolute Gasteiger partial charge is 0.333 e. The molecule has 0 aliphatic carbocycles. The maximum atomic E-state index is 12.0. The van der Waals surface area contributed by atoms with Gasteiger partial charge in [-0.1, -0.05) is 18.6 Å². The van der Waals surface area contributed by atoms with Crippen molar-refractivity contribution in [3.63, 3.8) is 0 Å². The molecule has 5 nitrogen and oxygen atoms in total. The minimum Gasteiger partial charge on any atom is -0.333 e. The van der Waals surface area contributed by atoms with Crippen molar-refractivity contribution in [2.24, 2.45) is 0 Å². The molecule has 1 heterocycles. The summed E-state index contributed by atoms with van der Waals surface area (Å²) in [5.41, 5.74) is 1.13. The lowest BCUT2D eigenvalue weighted by Crippen LogP contribution is -2.37. The van der Waals surface area contributed by atoms with Crippen molar-refractivity contribution in [1.82, 2.24) is 4.90 Å². The Labute approximate surface area is 124 Å². The quantitative estimate of drug-likeness (QED) is 0.864. The molecule has 0 spiro atoms. The lowest BCUT2D eigenvalue weighted by atomic mass is 10.1. The maximum Gasteiger partial charge on any atom is 0.243 e. The Morgan fingerprint density at radius 2 is 2.05 bits per heavy atom. The van der Waals surface area contributed by atoms with Crippen LogP contribution < -0.4 is 5.32 Å². The van der Waals surface area contributed by atoms with Gasteiger partial charge in [0, 0.05) is 24.2 Å². The summed E-state index contributed by atoms with van der Waals surface area (Å²) in [6, 6.07) is 6.80. The van der Waals surface area contributed by atoms with Crippen LogP contribution in [-0.2, 0) is 9.59 Å². The van der Waals surface area contributed by atoms with E-state index in [9.17, 15) is 14.4 Å². The fourth-order valence-corrected chi connectivity index (χ4v) is 2.40. The average Bonchev–Trinajstić information content (AvgIpc) is 2.64.